The van der Waals surface area contributed by atoms with Gasteiger partial charge >= 0.3 is 0 Å². The van der Waals surface area contributed by atoms with Gasteiger partial charge in [-0.25, -0.2) is 0 Å². The molecule has 2 N–H and O–H groups in total. The fourth-order valence-electron chi connectivity index (χ4n) is 3.64. The van der Waals surface area contributed by atoms with E-state index in [0.29, 0.717) is 0 Å². The van der Waals surface area contributed by atoms with Crippen molar-refractivity contribution in [3.8, 4) is 0 Å². The van der Waals surface area contributed by atoms with Crippen LogP contribution >= 0.6 is 32.7 Å². The summed E-state index contributed by atoms with van der Waals surface area (Å²) in [6, 6.07) is 0. The molecule has 1 nitrogen and oxygen atoms in total. The molecule has 0 unspecified atom stereocenters. The van der Waals surface area contributed by atoms with Crippen molar-refractivity contribution in [2.75, 3.05) is 12.7 Å². The monoisotopic (exact) mass is 313 g/mol. The second-order valence-corrected chi connectivity index (χ2v) is 8.55. The zero-order valence-electron chi connectivity index (χ0n) is 11.5. The summed E-state index contributed by atoms with van der Waals surface area (Å²) in [6.07, 6.45) is 16.5. The summed E-state index contributed by atoms with van der Waals surface area (Å²) >= 11 is 0. The van der Waals surface area contributed by atoms with Gasteiger partial charge in [0.05, 0.1) is 0 Å². The Hall–Kier alpha value is 0.970. The van der Waals surface area contributed by atoms with E-state index in [1.54, 1.807) is 0 Å². The van der Waals surface area contributed by atoms with Crippen LogP contribution in [0.15, 0.2) is 0 Å². The van der Waals surface area contributed by atoms with E-state index in [2.05, 4.69) is 0 Å². The third-order valence-electron chi connectivity index (χ3n) is 4.47. The van der Waals surface area contributed by atoms with E-state index in [4.69, 9.17) is 5.73 Å². The molecule has 0 bridgehead atoms. The topological polar surface area (TPSA) is 26.0 Å². The number of hydrogen-bond donors (Lipinski definition) is 1. The maximum absolute atomic E-state index is 5.86. The summed E-state index contributed by atoms with van der Waals surface area (Å²) in [5.74, 6) is 0. The van der Waals surface area contributed by atoms with Crippen LogP contribution in [0, 0.1) is 0 Å². The summed E-state index contributed by atoms with van der Waals surface area (Å²) in [5, 5.41) is 0. The number of halogens is 2. The van der Waals surface area contributed by atoms with Gasteiger partial charge in [0.2, 0.25) is 0 Å². The Balaban J connectivity index is 0.00000144. The first-order valence-corrected chi connectivity index (χ1v) is 9.04. The molecule has 0 saturated heterocycles. The van der Waals surface area contributed by atoms with E-state index >= 15 is 0 Å². The van der Waals surface area contributed by atoms with E-state index in [0.717, 1.165) is 17.9 Å². The van der Waals surface area contributed by atoms with Gasteiger partial charge in [0, 0.05) is 0 Å². The van der Waals surface area contributed by atoms with Crippen molar-refractivity contribution in [3.05, 3.63) is 0 Å². The van der Waals surface area contributed by atoms with E-state index in [1.807, 2.05) is 0 Å². The van der Waals surface area contributed by atoms with E-state index < -0.39 is 0 Å². The minimum absolute atomic E-state index is 0. The van der Waals surface area contributed by atoms with Crippen LogP contribution in [0.1, 0.15) is 64.2 Å². The molecule has 110 valence electrons. The molecule has 0 amide bonds. The first-order chi connectivity index (χ1) is 7.92. The summed E-state index contributed by atoms with van der Waals surface area (Å²) in [6.45, 7) is 0.943. The second-order valence-electron chi connectivity index (χ2n) is 5.61. The Morgan fingerprint density at radius 3 is 1.44 bits per heavy atom. The van der Waals surface area contributed by atoms with Gasteiger partial charge in [-0.2, -0.15) is 0 Å². The fraction of sp³-hybridized carbons (Fsp3) is 1.00. The molecule has 2 aliphatic rings. The molecule has 18 heavy (non-hydrogen) atoms. The van der Waals surface area contributed by atoms with Crippen molar-refractivity contribution >= 4 is 32.7 Å². The normalized spacial score (nSPS) is 22.3. The van der Waals surface area contributed by atoms with Crippen LogP contribution in [0.4, 0.5) is 0 Å². The molecule has 2 saturated carbocycles. The van der Waals surface area contributed by atoms with E-state index in [1.165, 1.54) is 70.4 Å². The van der Waals surface area contributed by atoms with Crippen molar-refractivity contribution in [1.82, 2.24) is 0 Å². The van der Waals surface area contributed by atoms with Gasteiger partial charge in [0.15, 0.2) is 0 Å². The Morgan fingerprint density at radius 2 is 1.11 bits per heavy atom. The maximum atomic E-state index is 5.86. The molecule has 0 heterocycles. The van der Waals surface area contributed by atoms with E-state index in [9.17, 15) is 0 Å². The number of hydrogen-bond acceptors (Lipinski definition) is 1. The molecule has 0 spiro atoms. The van der Waals surface area contributed by atoms with Gasteiger partial charge in [0.25, 0.3) is 0 Å². The molecular formula is C14H30Cl2NP. The minimum atomic E-state index is 0. The summed E-state index contributed by atoms with van der Waals surface area (Å²) < 4.78 is 0. The van der Waals surface area contributed by atoms with Crippen molar-refractivity contribution in [3.63, 3.8) is 0 Å². The minimum Gasteiger partial charge on any atom is -0.330 e. The molecule has 2 fully saturated rings. The summed E-state index contributed by atoms with van der Waals surface area (Å²) in [5.41, 5.74) is 8.04. The van der Waals surface area contributed by atoms with Crippen molar-refractivity contribution < 1.29 is 0 Å². The smallest absolute Gasteiger partial charge is 0.00377 e. The van der Waals surface area contributed by atoms with Gasteiger partial charge in [-0.3, -0.25) is 0 Å². The zero-order valence-corrected chi connectivity index (χ0v) is 14.0. The third kappa shape index (κ3) is 5.53. The molecule has 2 rings (SSSR count). The Labute approximate surface area is 127 Å². The molecule has 4 heteroatoms. The number of nitrogens with two attached hydrogens (primary N) is 1. The van der Waals surface area contributed by atoms with E-state index in [-0.39, 0.29) is 32.7 Å². The molecule has 2 aliphatic carbocycles. The van der Waals surface area contributed by atoms with Gasteiger partial charge in [0.1, 0.15) is 0 Å². The van der Waals surface area contributed by atoms with Crippen LogP contribution in [-0.4, -0.2) is 24.0 Å². The lowest BCUT2D eigenvalue weighted by molar-refractivity contribution is 0.484. The van der Waals surface area contributed by atoms with Crippen molar-refractivity contribution in [2.45, 2.75) is 75.5 Å². The first-order valence-electron chi connectivity index (χ1n) is 7.37. The molecule has 0 aromatic heterocycles. The molecule has 0 aromatic carbocycles. The standard InChI is InChI=1S/C14H28NP.2ClH/c15-11-12-16(13-7-3-1-4-8-13)14-9-5-2-6-10-14;;/h13-14H,1-12,15H2;2*1H. The summed E-state index contributed by atoms with van der Waals surface area (Å²) in [4.78, 5) is 0. The van der Waals surface area contributed by atoms with Gasteiger partial charge in [-0.05, 0) is 49.7 Å². The maximum Gasteiger partial charge on any atom is -0.00377 e. The predicted octanol–water partition coefficient (Wildman–Crippen LogP) is 4.94. The largest absolute Gasteiger partial charge is 0.330 e. The van der Waals surface area contributed by atoms with Crippen LogP contribution in [0.25, 0.3) is 0 Å². The Morgan fingerprint density at radius 1 is 0.722 bits per heavy atom. The lowest BCUT2D eigenvalue weighted by Crippen LogP contribution is -2.24. The highest BCUT2D eigenvalue weighted by Crippen LogP contribution is 2.55. The molecule has 0 aromatic rings. The fourth-order valence-corrected chi connectivity index (χ4v) is 7.32. The molecule has 0 atom stereocenters. The van der Waals surface area contributed by atoms with Crippen LogP contribution in [-0.2, 0) is 0 Å². The first kappa shape index (κ1) is 19.0. The Bertz CT molecular complexity index is 174. The molecule has 0 aliphatic heterocycles. The number of rotatable bonds is 4. The third-order valence-corrected chi connectivity index (χ3v) is 8.16. The van der Waals surface area contributed by atoms with Crippen molar-refractivity contribution in [2.24, 2.45) is 5.73 Å². The van der Waals surface area contributed by atoms with Crippen LogP contribution in [0.2, 0.25) is 0 Å². The van der Waals surface area contributed by atoms with Gasteiger partial charge < -0.3 is 5.73 Å². The Kier molecular flexibility index (Phi) is 11.3. The van der Waals surface area contributed by atoms with Crippen LogP contribution in [0.3, 0.4) is 0 Å². The van der Waals surface area contributed by atoms with Gasteiger partial charge in [-0.15, -0.1) is 24.8 Å². The van der Waals surface area contributed by atoms with Crippen molar-refractivity contribution in [1.29, 1.82) is 0 Å². The van der Waals surface area contributed by atoms with Crippen LogP contribution in [0.5, 0.6) is 0 Å². The molecule has 0 radical (unpaired) electrons. The highest BCUT2D eigenvalue weighted by molar-refractivity contribution is 7.59. The highest BCUT2D eigenvalue weighted by Gasteiger charge is 2.29. The van der Waals surface area contributed by atoms with Gasteiger partial charge in [-0.1, -0.05) is 46.4 Å². The second kappa shape index (κ2) is 10.7. The molecular weight excluding hydrogens is 284 g/mol. The zero-order chi connectivity index (χ0) is 11.2. The average molecular weight is 314 g/mol. The lowest BCUT2D eigenvalue weighted by atomic mass is 9.99. The lowest BCUT2D eigenvalue weighted by Gasteiger charge is -2.38. The van der Waals surface area contributed by atoms with Crippen LogP contribution < -0.4 is 5.73 Å². The average Bonchev–Trinajstić information content (AvgIpc) is 2.38. The highest BCUT2D eigenvalue weighted by atomic mass is 35.5. The SMILES string of the molecule is Cl.Cl.NCCP(C1CCCCC1)C1CCCCC1. The quantitative estimate of drug-likeness (QED) is 0.731. The summed E-state index contributed by atoms with van der Waals surface area (Å²) in [7, 11) is 0.278. The predicted molar refractivity (Wildman–Crippen MR) is 89.1 cm³/mol.